The standard InChI is InChI=1S/C25H33N5O4S/c1-4-26-24(31)27-19-7-5-18(6-8-19)23-28-21(25(11-12-25)35(32,33)20-9-10-20)13-22(29-23)30-16(2)14-34-15-17(30)3/h5-8,13,16-17,20H,4,9-12,14-15H2,1-3H3,(H2,26,27,31)/t16-,17-/m0/s1. The van der Waals surface area contributed by atoms with E-state index >= 15 is 0 Å². The highest BCUT2D eigenvalue weighted by Gasteiger charge is 2.61. The summed E-state index contributed by atoms with van der Waals surface area (Å²) in [4.78, 5) is 23.8. The Morgan fingerprint density at radius 3 is 2.34 bits per heavy atom. The van der Waals surface area contributed by atoms with Crippen LogP contribution in [0.25, 0.3) is 11.4 Å². The molecule has 2 N–H and O–H groups in total. The Labute approximate surface area is 206 Å². The van der Waals surface area contributed by atoms with Crippen molar-refractivity contribution in [1.29, 1.82) is 0 Å². The summed E-state index contributed by atoms with van der Waals surface area (Å²) >= 11 is 0. The Kier molecular flexibility index (Phi) is 6.21. The minimum Gasteiger partial charge on any atom is -0.377 e. The first-order valence-electron chi connectivity index (χ1n) is 12.4. The Morgan fingerprint density at radius 1 is 1.11 bits per heavy atom. The molecule has 2 atom stereocenters. The first-order valence-corrected chi connectivity index (χ1v) is 13.9. The molecule has 3 aliphatic rings. The van der Waals surface area contributed by atoms with Crippen LogP contribution in [0.2, 0.25) is 0 Å². The number of amides is 2. The van der Waals surface area contributed by atoms with E-state index < -0.39 is 14.6 Å². The lowest BCUT2D eigenvalue weighted by Crippen LogP contribution is -2.50. The second-order valence-corrected chi connectivity index (χ2v) is 12.4. The highest BCUT2D eigenvalue weighted by atomic mass is 32.2. The van der Waals surface area contributed by atoms with Crippen molar-refractivity contribution < 1.29 is 17.9 Å². The van der Waals surface area contributed by atoms with E-state index in [1.54, 1.807) is 12.1 Å². The second-order valence-electron chi connectivity index (χ2n) is 9.88. The molecule has 0 radical (unpaired) electrons. The van der Waals surface area contributed by atoms with Crippen LogP contribution in [0.15, 0.2) is 30.3 Å². The van der Waals surface area contributed by atoms with Crippen molar-refractivity contribution in [2.75, 3.05) is 30.0 Å². The summed E-state index contributed by atoms with van der Waals surface area (Å²) in [5.41, 5.74) is 2.02. The zero-order chi connectivity index (χ0) is 24.8. The smallest absolute Gasteiger partial charge is 0.319 e. The number of nitrogens with zero attached hydrogens (tertiary/aromatic N) is 3. The SMILES string of the molecule is CCNC(=O)Nc1ccc(-c2nc(N3[C@@H](C)COC[C@@H]3C)cc(C3(S(=O)(=O)C4CC4)CC3)n2)cc1. The van der Waals surface area contributed by atoms with Crippen LogP contribution in [0.1, 0.15) is 52.1 Å². The predicted molar refractivity (Wildman–Crippen MR) is 135 cm³/mol. The third kappa shape index (κ3) is 4.49. The van der Waals surface area contributed by atoms with Crippen LogP contribution < -0.4 is 15.5 Å². The van der Waals surface area contributed by atoms with Gasteiger partial charge in [0.1, 0.15) is 10.6 Å². The number of carbonyl (C=O) groups excluding carboxylic acids is 1. The summed E-state index contributed by atoms with van der Waals surface area (Å²) in [7, 11) is -3.29. The molecule has 2 aliphatic carbocycles. The summed E-state index contributed by atoms with van der Waals surface area (Å²) < 4.78 is 31.6. The van der Waals surface area contributed by atoms with E-state index in [1.807, 2.05) is 25.1 Å². The molecule has 2 saturated carbocycles. The molecular formula is C25H33N5O4S. The molecule has 5 rings (SSSR count). The van der Waals surface area contributed by atoms with Crippen molar-refractivity contribution in [3.05, 3.63) is 36.0 Å². The fourth-order valence-electron chi connectivity index (χ4n) is 4.92. The summed E-state index contributed by atoms with van der Waals surface area (Å²) in [5, 5.41) is 5.25. The van der Waals surface area contributed by atoms with Gasteiger partial charge >= 0.3 is 6.03 Å². The lowest BCUT2D eigenvalue weighted by molar-refractivity contribution is 0.0752. The second kappa shape index (κ2) is 9.05. The number of morpholine rings is 1. The Hall–Kier alpha value is -2.72. The van der Waals surface area contributed by atoms with Gasteiger partial charge in [-0.05, 0) is 70.7 Å². The number of hydrogen-bond donors (Lipinski definition) is 2. The molecule has 0 spiro atoms. The minimum atomic E-state index is -3.29. The maximum Gasteiger partial charge on any atom is 0.319 e. The molecule has 10 heteroatoms. The van der Waals surface area contributed by atoms with Crippen molar-refractivity contribution in [3.8, 4) is 11.4 Å². The maximum absolute atomic E-state index is 13.4. The van der Waals surface area contributed by atoms with E-state index in [1.165, 1.54) is 0 Å². The molecule has 9 nitrogen and oxygen atoms in total. The summed E-state index contributed by atoms with van der Waals surface area (Å²) in [6.07, 6.45) is 2.69. The van der Waals surface area contributed by atoms with Crippen molar-refractivity contribution in [1.82, 2.24) is 15.3 Å². The van der Waals surface area contributed by atoms with Gasteiger partial charge in [0, 0.05) is 23.9 Å². The average molecular weight is 500 g/mol. The highest BCUT2D eigenvalue weighted by Crippen LogP contribution is 2.57. The molecule has 0 bridgehead atoms. The van der Waals surface area contributed by atoms with Crippen molar-refractivity contribution in [2.24, 2.45) is 0 Å². The predicted octanol–water partition coefficient (Wildman–Crippen LogP) is 3.46. The van der Waals surface area contributed by atoms with E-state index in [9.17, 15) is 13.2 Å². The van der Waals surface area contributed by atoms with Crippen LogP contribution in [0.5, 0.6) is 0 Å². The number of nitrogens with one attached hydrogen (secondary N) is 2. The Bertz CT molecular complexity index is 1200. The molecule has 35 heavy (non-hydrogen) atoms. The van der Waals surface area contributed by atoms with Gasteiger partial charge in [-0.2, -0.15) is 0 Å². The third-order valence-corrected chi connectivity index (χ3v) is 10.1. The number of urea groups is 1. The number of aromatic nitrogens is 2. The van der Waals surface area contributed by atoms with Gasteiger partial charge in [0.25, 0.3) is 0 Å². The van der Waals surface area contributed by atoms with Gasteiger partial charge in [-0.25, -0.2) is 23.2 Å². The largest absolute Gasteiger partial charge is 0.377 e. The average Bonchev–Trinajstić information content (AvgIpc) is 3.72. The lowest BCUT2D eigenvalue weighted by Gasteiger charge is -2.40. The van der Waals surface area contributed by atoms with Crippen molar-refractivity contribution >= 4 is 27.4 Å². The van der Waals surface area contributed by atoms with E-state index in [4.69, 9.17) is 14.7 Å². The maximum atomic E-state index is 13.4. The van der Waals surface area contributed by atoms with Crippen LogP contribution in [0.4, 0.5) is 16.3 Å². The Morgan fingerprint density at radius 2 is 1.77 bits per heavy atom. The molecule has 1 aliphatic heterocycles. The van der Waals surface area contributed by atoms with Gasteiger partial charge in [-0.1, -0.05) is 0 Å². The normalized spacial score (nSPS) is 23.6. The number of benzene rings is 1. The van der Waals surface area contributed by atoms with Crippen LogP contribution in [0, 0.1) is 0 Å². The number of carbonyl (C=O) groups is 1. The molecule has 2 aromatic rings. The Balaban J connectivity index is 1.55. The summed E-state index contributed by atoms with van der Waals surface area (Å²) in [6, 6.07) is 9.14. The molecular weight excluding hydrogens is 466 g/mol. The van der Waals surface area contributed by atoms with Crippen molar-refractivity contribution in [2.45, 2.75) is 68.5 Å². The van der Waals surface area contributed by atoms with Crippen LogP contribution in [-0.4, -0.2) is 61.5 Å². The van der Waals surface area contributed by atoms with E-state index in [-0.39, 0.29) is 23.4 Å². The minimum absolute atomic E-state index is 0.105. The zero-order valence-corrected chi connectivity index (χ0v) is 21.3. The van der Waals surface area contributed by atoms with Crippen LogP contribution in [-0.2, 0) is 19.3 Å². The van der Waals surface area contributed by atoms with Gasteiger partial charge < -0.3 is 20.3 Å². The van der Waals surface area contributed by atoms with E-state index in [0.29, 0.717) is 49.8 Å². The van der Waals surface area contributed by atoms with Crippen LogP contribution in [0.3, 0.4) is 0 Å². The monoisotopic (exact) mass is 499 g/mol. The molecule has 2 amide bonds. The molecule has 1 aromatic heterocycles. The van der Waals surface area contributed by atoms with Gasteiger partial charge in [-0.3, -0.25) is 0 Å². The van der Waals surface area contributed by atoms with Gasteiger partial charge in [0.15, 0.2) is 15.7 Å². The molecule has 1 saturated heterocycles. The number of anilines is 2. The highest BCUT2D eigenvalue weighted by molar-refractivity contribution is 7.93. The topological polar surface area (TPSA) is 114 Å². The van der Waals surface area contributed by atoms with Gasteiger partial charge in [0.05, 0.1) is 36.2 Å². The molecule has 3 fully saturated rings. The first kappa shape index (κ1) is 24.0. The molecule has 1 aromatic carbocycles. The molecule has 0 unspecified atom stereocenters. The van der Waals surface area contributed by atoms with Crippen LogP contribution >= 0.6 is 0 Å². The van der Waals surface area contributed by atoms with Gasteiger partial charge in [-0.15, -0.1) is 0 Å². The lowest BCUT2D eigenvalue weighted by atomic mass is 10.1. The quantitative estimate of drug-likeness (QED) is 0.600. The molecule has 188 valence electrons. The van der Waals surface area contributed by atoms with Gasteiger partial charge in [0.2, 0.25) is 0 Å². The fourth-order valence-corrected chi connectivity index (χ4v) is 7.38. The third-order valence-electron chi connectivity index (χ3n) is 7.06. The fraction of sp³-hybridized carbons (Fsp3) is 0.560. The van der Waals surface area contributed by atoms with E-state index in [2.05, 4.69) is 29.4 Å². The number of rotatable bonds is 7. The number of sulfone groups is 1. The number of hydrogen-bond acceptors (Lipinski definition) is 7. The van der Waals surface area contributed by atoms with E-state index in [0.717, 1.165) is 24.2 Å². The molecule has 2 heterocycles. The summed E-state index contributed by atoms with van der Waals surface area (Å²) in [6.45, 7) is 7.75. The zero-order valence-electron chi connectivity index (χ0n) is 20.5. The summed E-state index contributed by atoms with van der Waals surface area (Å²) in [5.74, 6) is 1.22. The van der Waals surface area contributed by atoms with Crippen molar-refractivity contribution in [3.63, 3.8) is 0 Å². The number of ether oxygens (including phenoxy) is 1. The first-order chi connectivity index (χ1) is 16.7.